The van der Waals surface area contributed by atoms with Gasteiger partial charge in [-0.1, -0.05) is 29.8 Å². The minimum Gasteiger partial charge on any atom is -0.250 e. The van der Waals surface area contributed by atoms with Gasteiger partial charge in [0.1, 0.15) is 5.15 Å². The number of thioether (sulfide) groups is 1. The van der Waals surface area contributed by atoms with E-state index < -0.39 is 0 Å². The molecule has 3 rings (SSSR count). The van der Waals surface area contributed by atoms with Gasteiger partial charge in [-0.05, 0) is 43.2 Å². The SMILES string of the molecule is Cc1ccc2cc(CSc3ccccn3)c(Cl)nc2c1C. The van der Waals surface area contributed by atoms with Gasteiger partial charge in [0.15, 0.2) is 0 Å². The van der Waals surface area contributed by atoms with Gasteiger partial charge in [0.05, 0.1) is 10.5 Å². The Morgan fingerprint density at radius 1 is 1.14 bits per heavy atom. The summed E-state index contributed by atoms with van der Waals surface area (Å²) in [5.74, 6) is 0.770. The quantitative estimate of drug-likeness (QED) is 0.491. The maximum absolute atomic E-state index is 6.35. The molecule has 0 N–H and O–H groups in total. The van der Waals surface area contributed by atoms with E-state index in [2.05, 4.69) is 42.0 Å². The van der Waals surface area contributed by atoms with Crippen LogP contribution in [0.4, 0.5) is 0 Å². The van der Waals surface area contributed by atoms with Crippen LogP contribution in [0.1, 0.15) is 16.7 Å². The number of halogens is 1. The molecule has 2 nitrogen and oxygen atoms in total. The Bertz CT molecular complexity index is 788. The third-order valence-corrected chi connectivity index (χ3v) is 4.87. The molecule has 3 aromatic rings. The topological polar surface area (TPSA) is 25.8 Å². The standard InChI is InChI=1S/C17H15ClN2S/c1-11-6-7-13-9-14(17(18)20-16(13)12(11)2)10-21-15-5-3-4-8-19-15/h3-9H,10H2,1-2H3. The van der Waals surface area contributed by atoms with Crippen LogP contribution in [0.25, 0.3) is 10.9 Å². The van der Waals surface area contributed by atoms with Crippen LogP contribution in [0.15, 0.2) is 47.6 Å². The first-order valence-electron chi connectivity index (χ1n) is 6.74. The van der Waals surface area contributed by atoms with Gasteiger partial charge >= 0.3 is 0 Å². The fourth-order valence-corrected chi connectivity index (χ4v) is 3.31. The summed E-state index contributed by atoms with van der Waals surface area (Å²) in [6.45, 7) is 4.18. The fraction of sp³-hybridized carbons (Fsp3) is 0.176. The van der Waals surface area contributed by atoms with Gasteiger partial charge < -0.3 is 0 Å². The molecule has 0 atom stereocenters. The second kappa shape index (κ2) is 6.04. The molecule has 0 radical (unpaired) electrons. The summed E-state index contributed by atoms with van der Waals surface area (Å²) < 4.78 is 0. The number of hydrogen-bond donors (Lipinski definition) is 0. The molecular weight excluding hydrogens is 300 g/mol. The zero-order valence-electron chi connectivity index (χ0n) is 11.9. The minimum absolute atomic E-state index is 0.583. The number of benzene rings is 1. The zero-order chi connectivity index (χ0) is 14.8. The lowest BCUT2D eigenvalue weighted by Crippen LogP contribution is -1.92. The summed E-state index contributed by atoms with van der Waals surface area (Å²) in [5, 5.41) is 2.72. The van der Waals surface area contributed by atoms with E-state index >= 15 is 0 Å². The smallest absolute Gasteiger partial charge is 0.133 e. The van der Waals surface area contributed by atoms with Crippen molar-refractivity contribution in [2.45, 2.75) is 24.6 Å². The molecule has 0 saturated heterocycles. The molecule has 0 aliphatic carbocycles. The van der Waals surface area contributed by atoms with Crippen molar-refractivity contribution in [2.75, 3.05) is 0 Å². The summed E-state index contributed by atoms with van der Waals surface area (Å²) >= 11 is 8.02. The van der Waals surface area contributed by atoms with Crippen LogP contribution >= 0.6 is 23.4 Å². The molecule has 21 heavy (non-hydrogen) atoms. The van der Waals surface area contributed by atoms with Crippen LogP contribution in [0.3, 0.4) is 0 Å². The molecule has 0 unspecified atom stereocenters. The first-order valence-corrected chi connectivity index (χ1v) is 8.10. The van der Waals surface area contributed by atoms with E-state index in [4.69, 9.17) is 11.6 Å². The van der Waals surface area contributed by atoms with E-state index in [0.29, 0.717) is 5.15 Å². The highest BCUT2D eigenvalue weighted by atomic mass is 35.5. The Balaban J connectivity index is 1.93. The Morgan fingerprint density at radius 2 is 2.00 bits per heavy atom. The van der Waals surface area contributed by atoms with Crippen LogP contribution in [0, 0.1) is 13.8 Å². The van der Waals surface area contributed by atoms with Crippen molar-refractivity contribution in [3.05, 3.63) is 64.4 Å². The third kappa shape index (κ3) is 3.04. The largest absolute Gasteiger partial charge is 0.250 e. The predicted octanol–water partition coefficient (Wildman–Crippen LogP) is 5.19. The van der Waals surface area contributed by atoms with Crippen LogP contribution in [0.5, 0.6) is 0 Å². The molecule has 4 heteroatoms. The van der Waals surface area contributed by atoms with Crippen molar-refractivity contribution in [2.24, 2.45) is 0 Å². The van der Waals surface area contributed by atoms with Gasteiger partial charge in [-0.3, -0.25) is 0 Å². The molecule has 0 saturated carbocycles. The molecule has 0 bridgehead atoms. The van der Waals surface area contributed by atoms with Gasteiger partial charge in [-0.2, -0.15) is 0 Å². The lowest BCUT2D eigenvalue weighted by atomic mass is 10.0. The van der Waals surface area contributed by atoms with E-state index in [0.717, 1.165) is 27.2 Å². The second-order valence-electron chi connectivity index (χ2n) is 4.97. The van der Waals surface area contributed by atoms with E-state index in [1.807, 2.05) is 18.2 Å². The molecule has 0 aliphatic rings. The van der Waals surface area contributed by atoms with Crippen LogP contribution in [-0.4, -0.2) is 9.97 Å². The lowest BCUT2D eigenvalue weighted by molar-refractivity contribution is 1.13. The summed E-state index contributed by atoms with van der Waals surface area (Å²) in [6.07, 6.45) is 1.80. The number of aryl methyl sites for hydroxylation is 2. The molecular formula is C17H15ClN2S. The molecule has 2 heterocycles. The van der Waals surface area contributed by atoms with Gasteiger partial charge in [0.25, 0.3) is 0 Å². The number of rotatable bonds is 3. The Labute approximate surface area is 133 Å². The number of fused-ring (bicyclic) bond motifs is 1. The third-order valence-electron chi connectivity index (χ3n) is 3.55. The van der Waals surface area contributed by atoms with E-state index in [1.165, 1.54) is 11.1 Å². The molecule has 0 fully saturated rings. The van der Waals surface area contributed by atoms with Gasteiger partial charge in [0, 0.05) is 22.9 Å². The van der Waals surface area contributed by atoms with Crippen LogP contribution < -0.4 is 0 Å². The van der Waals surface area contributed by atoms with Crippen LogP contribution in [0.2, 0.25) is 5.15 Å². The van der Waals surface area contributed by atoms with Gasteiger partial charge in [-0.25, -0.2) is 9.97 Å². The van der Waals surface area contributed by atoms with Crippen molar-refractivity contribution in [1.29, 1.82) is 0 Å². The summed E-state index contributed by atoms with van der Waals surface area (Å²) in [6, 6.07) is 12.3. The van der Waals surface area contributed by atoms with Gasteiger partial charge in [-0.15, -0.1) is 11.8 Å². The summed E-state index contributed by atoms with van der Waals surface area (Å²) in [7, 11) is 0. The van der Waals surface area contributed by atoms with Crippen LogP contribution in [-0.2, 0) is 5.75 Å². The molecule has 106 valence electrons. The number of nitrogens with zero attached hydrogens (tertiary/aromatic N) is 2. The average molecular weight is 315 g/mol. The van der Waals surface area contributed by atoms with Crippen molar-refractivity contribution in [1.82, 2.24) is 9.97 Å². The molecule has 0 amide bonds. The van der Waals surface area contributed by atoms with Crippen molar-refractivity contribution in [3.63, 3.8) is 0 Å². The molecule has 0 spiro atoms. The Morgan fingerprint density at radius 3 is 2.76 bits per heavy atom. The van der Waals surface area contributed by atoms with Crippen molar-refractivity contribution in [3.8, 4) is 0 Å². The first kappa shape index (κ1) is 14.4. The van der Waals surface area contributed by atoms with Crippen molar-refractivity contribution >= 4 is 34.3 Å². The molecule has 1 aromatic carbocycles. The summed E-state index contributed by atoms with van der Waals surface area (Å²) in [5.41, 5.74) is 4.47. The monoisotopic (exact) mass is 314 g/mol. The maximum atomic E-state index is 6.35. The lowest BCUT2D eigenvalue weighted by Gasteiger charge is -2.09. The van der Waals surface area contributed by atoms with Crippen molar-refractivity contribution < 1.29 is 0 Å². The maximum Gasteiger partial charge on any atom is 0.133 e. The number of hydrogen-bond acceptors (Lipinski definition) is 3. The fourth-order valence-electron chi connectivity index (χ4n) is 2.19. The van der Waals surface area contributed by atoms with E-state index in [9.17, 15) is 0 Å². The van der Waals surface area contributed by atoms with Gasteiger partial charge in [0.2, 0.25) is 0 Å². The second-order valence-corrected chi connectivity index (χ2v) is 6.33. The minimum atomic E-state index is 0.583. The normalized spacial score (nSPS) is 11.0. The highest BCUT2D eigenvalue weighted by Gasteiger charge is 2.09. The molecule has 0 aliphatic heterocycles. The van der Waals surface area contributed by atoms with E-state index in [-0.39, 0.29) is 0 Å². The zero-order valence-corrected chi connectivity index (χ0v) is 13.5. The summed E-state index contributed by atoms with van der Waals surface area (Å²) in [4.78, 5) is 8.89. The highest BCUT2D eigenvalue weighted by Crippen LogP contribution is 2.29. The average Bonchev–Trinajstić information content (AvgIpc) is 2.51. The van der Waals surface area contributed by atoms with E-state index in [1.54, 1.807) is 18.0 Å². The molecule has 2 aromatic heterocycles. The number of aromatic nitrogens is 2. The predicted molar refractivity (Wildman–Crippen MR) is 90.0 cm³/mol. The Hall–Kier alpha value is -1.58. The number of pyridine rings is 2. The highest BCUT2D eigenvalue weighted by molar-refractivity contribution is 7.98. The first-order chi connectivity index (χ1) is 10.1. The Kier molecular flexibility index (Phi) is 4.13.